The zero-order chi connectivity index (χ0) is 23.7. The van der Waals surface area contributed by atoms with Crippen molar-refractivity contribution in [3.8, 4) is 6.01 Å². The number of aromatic nitrogens is 2. The van der Waals surface area contributed by atoms with Crippen molar-refractivity contribution in [2.45, 2.75) is 31.4 Å². The SMILES string of the molecule is Nc1c(N(N)Cc2ccccc2C(F)(F)F)nc(OCC(F)(F)F)nc1N1CC[C@H](O)C1. The Morgan fingerprint density at radius 3 is 2.44 bits per heavy atom. The molecule has 1 aromatic carbocycles. The minimum absolute atomic E-state index is 0.0386. The van der Waals surface area contributed by atoms with Crippen LogP contribution in [0.4, 0.5) is 43.7 Å². The van der Waals surface area contributed by atoms with Gasteiger partial charge >= 0.3 is 18.4 Å². The highest BCUT2D eigenvalue weighted by Crippen LogP contribution is 2.36. The van der Waals surface area contributed by atoms with Crippen molar-refractivity contribution in [1.29, 1.82) is 0 Å². The summed E-state index contributed by atoms with van der Waals surface area (Å²) in [4.78, 5) is 9.18. The van der Waals surface area contributed by atoms with Crippen LogP contribution in [0.3, 0.4) is 0 Å². The normalized spacial score (nSPS) is 17.0. The lowest BCUT2D eigenvalue weighted by Crippen LogP contribution is -2.34. The molecule has 1 aromatic heterocycles. The molecule has 1 atom stereocenters. The molecule has 1 fully saturated rings. The number of benzene rings is 1. The van der Waals surface area contributed by atoms with Crippen LogP contribution in [0.2, 0.25) is 0 Å². The number of halogens is 6. The Kier molecular flexibility index (Phi) is 6.55. The second kappa shape index (κ2) is 8.86. The van der Waals surface area contributed by atoms with E-state index in [0.717, 1.165) is 11.1 Å². The van der Waals surface area contributed by atoms with Crippen LogP contribution in [0, 0.1) is 0 Å². The predicted octanol–water partition coefficient (Wildman–Crippen LogP) is 2.47. The largest absolute Gasteiger partial charge is 0.454 e. The van der Waals surface area contributed by atoms with Gasteiger partial charge in [-0.3, -0.25) is 5.01 Å². The van der Waals surface area contributed by atoms with E-state index < -0.39 is 43.2 Å². The molecule has 3 rings (SSSR count). The zero-order valence-corrected chi connectivity index (χ0v) is 16.5. The van der Waals surface area contributed by atoms with Crippen molar-refractivity contribution < 1.29 is 36.2 Å². The molecule has 0 unspecified atom stereocenters. The second-order valence-electron chi connectivity index (χ2n) is 7.14. The standard InChI is InChI=1S/C18H20F6N6O2/c19-17(20,21)9-32-16-27-14(29-6-5-11(31)8-29)13(25)15(28-16)30(26)7-10-3-1-2-4-12(10)18(22,23)24/h1-4,11,31H,5-9,25-26H2/t11-/m0/s1. The van der Waals surface area contributed by atoms with Crippen LogP contribution < -0.4 is 26.2 Å². The van der Waals surface area contributed by atoms with Crippen LogP contribution in [-0.2, 0) is 12.7 Å². The first-order valence-electron chi connectivity index (χ1n) is 9.32. The number of nitrogen functional groups attached to an aromatic ring is 1. The number of ether oxygens (including phenoxy) is 1. The Labute approximate surface area is 178 Å². The number of nitrogens with zero attached hydrogens (tertiary/aromatic N) is 4. The quantitative estimate of drug-likeness (QED) is 0.338. The minimum atomic E-state index is -4.68. The maximum absolute atomic E-state index is 13.3. The van der Waals surface area contributed by atoms with Gasteiger partial charge in [0, 0.05) is 13.1 Å². The summed E-state index contributed by atoms with van der Waals surface area (Å²) in [6.45, 7) is -1.81. The number of rotatable bonds is 6. The molecule has 0 aliphatic carbocycles. The van der Waals surface area contributed by atoms with Gasteiger partial charge in [0.15, 0.2) is 18.2 Å². The predicted molar refractivity (Wildman–Crippen MR) is 103 cm³/mol. The van der Waals surface area contributed by atoms with E-state index in [1.807, 2.05) is 0 Å². The van der Waals surface area contributed by atoms with Crippen molar-refractivity contribution >= 4 is 17.3 Å². The Morgan fingerprint density at radius 1 is 1.16 bits per heavy atom. The summed E-state index contributed by atoms with van der Waals surface area (Å²) in [5, 5.41) is 10.5. The number of anilines is 3. The summed E-state index contributed by atoms with van der Waals surface area (Å²) in [5.41, 5.74) is 4.76. The molecule has 5 N–H and O–H groups in total. The Bertz CT molecular complexity index is 955. The number of hydrogen-bond acceptors (Lipinski definition) is 8. The van der Waals surface area contributed by atoms with E-state index in [9.17, 15) is 31.4 Å². The molecule has 0 amide bonds. The van der Waals surface area contributed by atoms with E-state index in [0.29, 0.717) is 13.0 Å². The van der Waals surface area contributed by atoms with Gasteiger partial charge in [0.25, 0.3) is 0 Å². The molecule has 1 saturated heterocycles. The fraction of sp³-hybridized carbons (Fsp3) is 0.444. The molecule has 32 heavy (non-hydrogen) atoms. The van der Waals surface area contributed by atoms with Crippen LogP contribution in [0.5, 0.6) is 6.01 Å². The van der Waals surface area contributed by atoms with Gasteiger partial charge in [0.1, 0.15) is 5.69 Å². The molecule has 0 bridgehead atoms. The van der Waals surface area contributed by atoms with Crippen LogP contribution >= 0.6 is 0 Å². The molecular formula is C18H20F6N6O2. The molecule has 0 radical (unpaired) electrons. The van der Waals surface area contributed by atoms with Gasteiger partial charge in [-0.25, -0.2) is 5.84 Å². The first kappa shape index (κ1) is 23.7. The molecular weight excluding hydrogens is 446 g/mol. The average molecular weight is 466 g/mol. The molecule has 1 aliphatic heterocycles. The maximum atomic E-state index is 13.3. The molecule has 0 spiro atoms. The van der Waals surface area contributed by atoms with Gasteiger partial charge in [-0.1, -0.05) is 18.2 Å². The molecule has 0 saturated carbocycles. The minimum Gasteiger partial charge on any atom is -0.454 e. The van der Waals surface area contributed by atoms with Gasteiger partial charge in [0.2, 0.25) is 0 Å². The van der Waals surface area contributed by atoms with Gasteiger partial charge in [0.05, 0.1) is 18.2 Å². The lowest BCUT2D eigenvalue weighted by Gasteiger charge is -2.25. The van der Waals surface area contributed by atoms with Crippen LogP contribution in [-0.4, -0.2) is 47.1 Å². The second-order valence-corrected chi connectivity index (χ2v) is 7.14. The van der Waals surface area contributed by atoms with E-state index in [-0.39, 0.29) is 29.4 Å². The molecule has 2 heterocycles. The summed E-state index contributed by atoms with van der Waals surface area (Å²) >= 11 is 0. The summed E-state index contributed by atoms with van der Waals surface area (Å²) < 4.78 is 82.3. The van der Waals surface area contributed by atoms with Crippen LogP contribution in [0.15, 0.2) is 24.3 Å². The molecule has 8 nitrogen and oxygen atoms in total. The van der Waals surface area contributed by atoms with E-state index >= 15 is 0 Å². The van der Waals surface area contributed by atoms with Gasteiger partial charge in [-0.2, -0.15) is 36.3 Å². The lowest BCUT2D eigenvalue weighted by molar-refractivity contribution is -0.154. The van der Waals surface area contributed by atoms with Crippen molar-refractivity contribution in [3.63, 3.8) is 0 Å². The Hall–Kier alpha value is -3.00. The first-order chi connectivity index (χ1) is 14.8. The number of aliphatic hydroxyl groups is 1. The maximum Gasteiger partial charge on any atom is 0.422 e. The smallest absolute Gasteiger partial charge is 0.422 e. The topological polar surface area (TPSA) is 114 Å². The average Bonchev–Trinajstić information content (AvgIpc) is 3.12. The van der Waals surface area contributed by atoms with Crippen molar-refractivity contribution in [2.75, 3.05) is 35.3 Å². The van der Waals surface area contributed by atoms with E-state index in [2.05, 4.69) is 14.7 Å². The highest BCUT2D eigenvalue weighted by atomic mass is 19.4. The lowest BCUT2D eigenvalue weighted by atomic mass is 10.1. The molecule has 2 aromatic rings. The summed E-state index contributed by atoms with van der Waals surface area (Å²) in [6.07, 6.45) is -9.67. The molecule has 1 aliphatic rings. The van der Waals surface area contributed by atoms with Gasteiger partial charge in [-0.15, -0.1) is 0 Å². The van der Waals surface area contributed by atoms with Crippen LogP contribution in [0.25, 0.3) is 0 Å². The Balaban J connectivity index is 1.97. The zero-order valence-electron chi connectivity index (χ0n) is 16.5. The third-order valence-corrected chi connectivity index (χ3v) is 4.65. The van der Waals surface area contributed by atoms with Crippen LogP contribution in [0.1, 0.15) is 17.5 Å². The number of alkyl halides is 6. The number of hydrazine groups is 1. The van der Waals surface area contributed by atoms with Crippen molar-refractivity contribution in [2.24, 2.45) is 5.84 Å². The van der Waals surface area contributed by atoms with Crippen molar-refractivity contribution in [3.05, 3.63) is 35.4 Å². The van der Waals surface area contributed by atoms with Gasteiger partial charge < -0.3 is 20.5 Å². The summed E-state index contributed by atoms with van der Waals surface area (Å²) in [6, 6.07) is 3.98. The highest BCUT2D eigenvalue weighted by Gasteiger charge is 2.34. The third kappa shape index (κ3) is 5.62. The van der Waals surface area contributed by atoms with E-state index in [1.165, 1.54) is 23.1 Å². The van der Waals surface area contributed by atoms with E-state index in [1.54, 1.807) is 0 Å². The Morgan fingerprint density at radius 2 is 1.84 bits per heavy atom. The first-order valence-corrected chi connectivity index (χ1v) is 9.32. The monoisotopic (exact) mass is 466 g/mol. The van der Waals surface area contributed by atoms with Crippen molar-refractivity contribution in [1.82, 2.24) is 9.97 Å². The number of hydrogen-bond donors (Lipinski definition) is 3. The number of β-amino-alcohol motifs (C(OH)–C–C–N with tert-alkyl or cyclic N) is 1. The van der Waals surface area contributed by atoms with Gasteiger partial charge in [-0.05, 0) is 18.1 Å². The molecule has 176 valence electrons. The summed E-state index contributed by atoms with van der Waals surface area (Å²) in [7, 11) is 0. The highest BCUT2D eigenvalue weighted by molar-refractivity contribution is 5.76. The number of aliphatic hydroxyl groups excluding tert-OH is 1. The summed E-state index contributed by atoms with van der Waals surface area (Å²) in [5.74, 6) is 5.58. The fourth-order valence-electron chi connectivity index (χ4n) is 3.22. The number of nitrogens with two attached hydrogens (primary N) is 2. The fourth-order valence-corrected chi connectivity index (χ4v) is 3.22. The molecule has 14 heteroatoms. The third-order valence-electron chi connectivity index (χ3n) is 4.65. The van der Waals surface area contributed by atoms with E-state index in [4.69, 9.17) is 11.6 Å².